The minimum Gasteiger partial charge on any atom is -0.340 e. The Hall–Kier alpha value is -2.64. The molecule has 0 fully saturated rings. The van der Waals surface area contributed by atoms with Crippen LogP contribution in [0.3, 0.4) is 0 Å². The molecule has 0 radical (unpaired) electrons. The topological polar surface area (TPSA) is 84.0 Å². The minimum absolute atomic E-state index is 0.149. The van der Waals surface area contributed by atoms with Crippen LogP contribution in [0.15, 0.2) is 65.8 Å². The SMILES string of the molecule is Cc1cc(Nc2ccc(NS(=O)(=O)c3ccc(Cl)cc3)cc2)ncn1. The van der Waals surface area contributed by atoms with Gasteiger partial charge in [-0.2, -0.15) is 0 Å². The van der Waals surface area contributed by atoms with Gasteiger partial charge in [0.2, 0.25) is 0 Å². The molecular formula is C17H15ClN4O2S. The van der Waals surface area contributed by atoms with E-state index in [2.05, 4.69) is 20.0 Å². The summed E-state index contributed by atoms with van der Waals surface area (Å²) in [7, 11) is -3.66. The fraction of sp³-hybridized carbons (Fsp3) is 0.0588. The first kappa shape index (κ1) is 17.2. The van der Waals surface area contributed by atoms with Gasteiger partial charge in [-0.1, -0.05) is 11.6 Å². The van der Waals surface area contributed by atoms with Gasteiger partial charge in [0.25, 0.3) is 10.0 Å². The van der Waals surface area contributed by atoms with Gasteiger partial charge in [0.15, 0.2) is 0 Å². The predicted octanol–water partition coefficient (Wildman–Crippen LogP) is 3.98. The van der Waals surface area contributed by atoms with Gasteiger partial charge in [-0.05, 0) is 55.5 Å². The van der Waals surface area contributed by atoms with E-state index in [1.54, 1.807) is 24.3 Å². The van der Waals surface area contributed by atoms with Crippen molar-refractivity contribution in [3.05, 3.63) is 71.6 Å². The number of nitrogens with one attached hydrogen (secondary N) is 2. The maximum Gasteiger partial charge on any atom is 0.261 e. The van der Waals surface area contributed by atoms with E-state index in [1.165, 1.54) is 30.6 Å². The number of nitrogens with zero attached hydrogens (tertiary/aromatic N) is 2. The number of aryl methyl sites for hydroxylation is 1. The van der Waals surface area contributed by atoms with Crippen molar-refractivity contribution in [2.24, 2.45) is 0 Å². The lowest BCUT2D eigenvalue weighted by Gasteiger charge is -2.10. The lowest BCUT2D eigenvalue weighted by Crippen LogP contribution is -2.12. The fourth-order valence-corrected chi connectivity index (χ4v) is 3.30. The predicted molar refractivity (Wildman–Crippen MR) is 98.8 cm³/mol. The zero-order valence-electron chi connectivity index (χ0n) is 13.3. The minimum atomic E-state index is -3.66. The molecule has 0 saturated carbocycles. The van der Waals surface area contributed by atoms with E-state index in [4.69, 9.17) is 11.6 Å². The fourth-order valence-electron chi connectivity index (χ4n) is 2.12. The number of sulfonamides is 1. The number of halogens is 1. The lowest BCUT2D eigenvalue weighted by atomic mass is 10.3. The Morgan fingerprint density at radius 3 is 2.20 bits per heavy atom. The molecule has 1 aromatic heterocycles. The molecule has 6 nitrogen and oxygen atoms in total. The molecule has 0 saturated heterocycles. The molecule has 128 valence electrons. The molecule has 0 aliphatic rings. The average Bonchev–Trinajstić information content (AvgIpc) is 2.57. The second kappa shape index (κ2) is 7.08. The zero-order valence-corrected chi connectivity index (χ0v) is 14.8. The molecule has 2 N–H and O–H groups in total. The maximum absolute atomic E-state index is 12.3. The summed E-state index contributed by atoms with van der Waals surface area (Å²) in [5.74, 6) is 0.669. The van der Waals surface area contributed by atoms with Gasteiger partial charge in [0, 0.05) is 28.2 Å². The number of anilines is 3. The Balaban J connectivity index is 1.73. The van der Waals surface area contributed by atoms with Crippen molar-refractivity contribution in [3.63, 3.8) is 0 Å². The number of hydrogen-bond acceptors (Lipinski definition) is 5. The highest BCUT2D eigenvalue weighted by molar-refractivity contribution is 7.92. The normalized spacial score (nSPS) is 11.1. The van der Waals surface area contributed by atoms with E-state index in [-0.39, 0.29) is 4.90 Å². The first-order valence-electron chi connectivity index (χ1n) is 7.36. The lowest BCUT2D eigenvalue weighted by molar-refractivity contribution is 0.601. The van der Waals surface area contributed by atoms with Crippen molar-refractivity contribution >= 4 is 38.8 Å². The van der Waals surface area contributed by atoms with Crippen LogP contribution in [0.1, 0.15) is 5.69 Å². The van der Waals surface area contributed by atoms with E-state index in [0.29, 0.717) is 16.5 Å². The van der Waals surface area contributed by atoms with Gasteiger partial charge in [-0.15, -0.1) is 0 Å². The van der Waals surface area contributed by atoms with Gasteiger partial charge in [-0.3, -0.25) is 4.72 Å². The Kier molecular flexibility index (Phi) is 4.87. The molecule has 25 heavy (non-hydrogen) atoms. The third-order valence-electron chi connectivity index (χ3n) is 3.34. The van der Waals surface area contributed by atoms with Crippen LogP contribution in [0.4, 0.5) is 17.2 Å². The number of rotatable bonds is 5. The van der Waals surface area contributed by atoms with Crippen LogP contribution >= 0.6 is 11.6 Å². The highest BCUT2D eigenvalue weighted by atomic mass is 35.5. The van der Waals surface area contributed by atoms with E-state index < -0.39 is 10.0 Å². The number of benzene rings is 2. The average molecular weight is 375 g/mol. The molecule has 1 heterocycles. The van der Waals surface area contributed by atoms with Crippen LogP contribution in [-0.2, 0) is 10.0 Å². The van der Waals surface area contributed by atoms with Crippen molar-refractivity contribution in [2.75, 3.05) is 10.0 Å². The number of hydrogen-bond donors (Lipinski definition) is 2. The van der Waals surface area contributed by atoms with Crippen molar-refractivity contribution in [2.45, 2.75) is 11.8 Å². The van der Waals surface area contributed by atoms with Crippen molar-refractivity contribution < 1.29 is 8.42 Å². The molecule has 0 unspecified atom stereocenters. The molecule has 3 aromatic rings. The molecule has 0 aliphatic heterocycles. The van der Waals surface area contributed by atoms with Crippen LogP contribution < -0.4 is 10.0 Å². The summed E-state index contributed by atoms with van der Waals surface area (Å²) in [5, 5.41) is 3.61. The van der Waals surface area contributed by atoms with Crippen LogP contribution in [-0.4, -0.2) is 18.4 Å². The Morgan fingerprint density at radius 2 is 1.56 bits per heavy atom. The maximum atomic E-state index is 12.3. The summed E-state index contributed by atoms with van der Waals surface area (Å²) in [6.07, 6.45) is 1.48. The Labute approximate surface area is 151 Å². The third kappa shape index (κ3) is 4.46. The summed E-state index contributed by atoms with van der Waals surface area (Å²) >= 11 is 5.78. The van der Waals surface area contributed by atoms with Crippen LogP contribution in [0.2, 0.25) is 5.02 Å². The van der Waals surface area contributed by atoms with Crippen LogP contribution in [0.5, 0.6) is 0 Å². The molecule has 2 aromatic carbocycles. The molecule has 0 aliphatic carbocycles. The molecule has 0 spiro atoms. The van der Waals surface area contributed by atoms with Gasteiger partial charge < -0.3 is 5.32 Å². The molecule has 8 heteroatoms. The van der Waals surface area contributed by atoms with E-state index in [9.17, 15) is 8.42 Å². The first-order valence-corrected chi connectivity index (χ1v) is 9.23. The van der Waals surface area contributed by atoms with Gasteiger partial charge >= 0.3 is 0 Å². The molecule has 3 rings (SSSR count). The highest BCUT2D eigenvalue weighted by Gasteiger charge is 2.13. The van der Waals surface area contributed by atoms with Crippen LogP contribution in [0, 0.1) is 6.92 Å². The van der Waals surface area contributed by atoms with E-state index in [0.717, 1.165) is 11.4 Å². The summed E-state index contributed by atoms with van der Waals surface area (Å²) in [4.78, 5) is 8.30. The number of aromatic nitrogens is 2. The summed E-state index contributed by atoms with van der Waals surface area (Å²) in [5.41, 5.74) is 2.09. The quantitative estimate of drug-likeness (QED) is 0.705. The Morgan fingerprint density at radius 1 is 0.920 bits per heavy atom. The highest BCUT2D eigenvalue weighted by Crippen LogP contribution is 2.21. The molecule has 0 bridgehead atoms. The monoisotopic (exact) mass is 374 g/mol. The third-order valence-corrected chi connectivity index (χ3v) is 4.99. The van der Waals surface area contributed by atoms with Gasteiger partial charge in [-0.25, -0.2) is 18.4 Å². The second-order valence-corrected chi connectivity index (χ2v) is 7.43. The molecular weight excluding hydrogens is 360 g/mol. The van der Waals surface area contributed by atoms with Gasteiger partial charge in [0.1, 0.15) is 12.1 Å². The van der Waals surface area contributed by atoms with Crippen molar-refractivity contribution in [1.82, 2.24) is 9.97 Å². The second-order valence-electron chi connectivity index (χ2n) is 5.31. The Bertz CT molecular complexity index is 974. The smallest absolute Gasteiger partial charge is 0.261 e. The van der Waals surface area contributed by atoms with E-state index >= 15 is 0 Å². The molecule has 0 amide bonds. The largest absolute Gasteiger partial charge is 0.340 e. The van der Waals surface area contributed by atoms with Crippen molar-refractivity contribution in [1.29, 1.82) is 0 Å². The summed E-state index contributed by atoms with van der Waals surface area (Å²) in [6.45, 7) is 1.88. The standard InChI is InChI=1S/C17H15ClN4O2S/c1-12-10-17(20-11-19-12)21-14-4-6-15(7-5-14)22-25(23,24)16-8-2-13(18)3-9-16/h2-11,22H,1H3,(H,19,20,21). The zero-order chi connectivity index (χ0) is 17.9. The van der Waals surface area contributed by atoms with Gasteiger partial charge in [0.05, 0.1) is 4.90 Å². The first-order chi connectivity index (χ1) is 11.9. The summed E-state index contributed by atoms with van der Waals surface area (Å²) < 4.78 is 27.2. The molecule has 0 atom stereocenters. The van der Waals surface area contributed by atoms with Crippen LogP contribution in [0.25, 0.3) is 0 Å². The van der Waals surface area contributed by atoms with Crippen molar-refractivity contribution in [3.8, 4) is 0 Å². The van der Waals surface area contributed by atoms with E-state index in [1.807, 2.05) is 13.0 Å². The summed E-state index contributed by atoms with van der Waals surface area (Å²) in [6, 6.07) is 14.7.